The highest BCUT2D eigenvalue weighted by Gasteiger charge is 2.44. The maximum atomic E-state index is 13.2. The van der Waals surface area contributed by atoms with Crippen LogP contribution in [0.2, 0.25) is 0 Å². The summed E-state index contributed by atoms with van der Waals surface area (Å²) in [7, 11) is 1.17. The summed E-state index contributed by atoms with van der Waals surface area (Å²) in [6, 6.07) is -1.05. The number of Topliss-reactive ketones (excluding diaryl/α,β-unsaturated/α-hetero) is 1. The fraction of sp³-hybridized carbons (Fsp3) is 0.800. The van der Waals surface area contributed by atoms with Crippen LogP contribution in [0.25, 0.3) is 0 Å². The summed E-state index contributed by atoms with van der Waals surface area (Å²) < 4.78 is 30.8. The van der Waals surface area contributed by atoms with E-state index in [1.54, 1.807) is 6.92 Å². The number of carbonyl (C=O) groups excluding carboxylic acids is 2. The molecule has 0 unspecified atom stereocenters. The summed E-state index contributed by atoms with van der Waals surface area (Å²) in [5.41, 5.74) is 0. The van der Waals surface area contributed by atoms with E-state index in [4.69, 9.17) is 0 Å². The van der Waals surface area contributed by atoms with Crippen LogP contribution in [0.3, 0.4) is 0 Å². The van der Waals surface area contributed by atoms with Crippen LogP contribution in [-0.4, -0.2) is 42.4 Å². The predicted octanol–water partition coefficient (Wildman–Crippen LogP) is 1.83. The van der Waals surface area contributed by atoms with Crippen molar-refractivity contribution in [1.82, 2.24) is 4.90 Å². The molecule has 0 aromatic heterocycles. The molecule has 0 radical (unpaired) electrons. The minimum absolute atomic E-state index is 0.133. The highest BCUT2D eigenvalue weighted by Crippen LogP contribution is 2.32. The maximum Gasteiger partial charge on any atom is 0.410 e. The highest BCUT2D eigenvalue weighted by molar-refractivity contribution is 5.87. The third-order valence-corrected chi connectivity index (χ3v) is 2.72. The number of amides is 1. The Bertz CT molecular complexity index is 294. The van der Waals surface area contributed by atoms with Gasteiger partial charge in [0, 0.05) is 25.8 Å². The van der Waals surface area contributed by atoms with Crippen molar-refractivity contribution in [3.05, 3.63) is 0 Å². The Morgan fingerprint density at radius 1 is 1.50 bits per heavy atom. The van der Waals surface area contributed by atoms with Crippen molar-refractivity contribution in [2.75, 3.05) is 13.7 Å². The van der Waals surface area contributed by atoms with Gasteiger partial charge in [0.1, 0.15) is 0 Å². The lowest BCUT2D eigenvalue weighted by atomic mass is 9.94. The maximum absolute atomic E-state index is 13.2. The van der Waals surface area contributed by atoms with Gasteiger partial charge in [-0.15, -0.1) is 0 Å². The van der Waals surface area contributed by atoms with Crippen LogP contribution in [-0.2, 0) is 9.53 Å². The molecule has 0 aromatic rings. The molecule has 1 saturated heterocycles. The molecular formula is C10H15F2NO3. The zero-order chi connectivity index (χ0) is 12.3. The molecule has 1 rings (SSSR count). The minimum Gasteiger partial charge on any atom is -0.453 e. The topological polar surface area (TPSA) is 46.6 Å². The average molecular weight is 235 g/mol. The zero-order valence-corrected chi connectivity index (χ0v) is 9.33. The molecule has 0 saturated carbocycles. The lowest BCUT2D eigenvalue weighted by Gasteiger charge is -2.37. The first-order valence-corrected chi connectivity index (χ1v) is 5.16. The molecule has 0 bridgehead atoms. The molecule has 1 fully saturated rings. The van der Waals surface area contributed by atoms with Crippen LogP contribution >= 0.6 is 0 Å². The summed E-state index contributed by atoms with van der Waals surface area (Å²) in [6.45, 7) is 1.45. The molecule has 0 N–H and O–H groups in total. The second-order valence-electron chi connectivity index (χ2n) is 3.81. The van der Waals surface area contributed by atoms with Crippen molar-refractivity contribution in [1.29, 1.82) is 0 Å². The molecule has 0 spiro atoms. The lowest BCUT2D eigenvalue weighted by Crippen LogP contribution is -2.53. The van der Waals surface area contributed by atoms with E-state index in [0.717, 1.165) is 4.90 Å². The largest absolute Gasteiger partial charge is 0.453 e. The van der Waals surface area contributed by atoms with Gasteiger partial charge >= 0.3 is 6.09 Å². The zero-order valence-electron chi connectivity index (χ0n) is 9.33. The third-order valence-electron chi connectivity index (χ3n) is 2.72. The van der Waals surface area contributed by atoms with E-state index < -0.39 is 30.9 Å². The van der Waals surface area contributed by atoms with E-state index in [0.29, 0.717) is 0 Å². The number of carbonyl (C=O) groups is 2. The monoisotopic (exact) mass is 235 g/mol. The molecule has 1 aliphatic heterocycles. The van der Waals surface area contributed by atoms with Gasteiger partial charge in [0.05, 0.1) is 13.2 Å². The Morgan fingerprint density at radius 3 is 2.62 bits per heavy atom. The van der Waals surface area contributed by atoms with Crippen LogP contribution in [0.5, 0.6) is 0 Å². The van der Waals surface area contributed by atoms with Gasteiger partial charge in [-0.05, 0) is 0 Å². The first-order valence-electron chi connectivity index (χ1n) is 5.16. The standard InChI is InChI=1S/C10H15F2NO3/c1-3-8(14)7-6-10(11,12)4-5-13(7)9(15)16-2/h7H,3-6H2,1-2H3/t7-/m0/s1. The number of hydrogen-bond acceptors (Lipinski definition) is 3. The number of nitrogens with zero attached hydrogens (tertiary/aromatic N) is 1. The van der Waals surface area contributed by atoms with Gasteiger partial charge in [-0.1, -0.05) is 6.92 Å². The summed E-state index contributed by atoms with van der Waals surface area (Å²) >= 11 is 0. The number of piperidine rings is 1. The summed E-state index contributed by atoms with van der Waals surface area (Å²) in [5, 5.41) is 0. The predicted molar refractivity (Wildman–Crippen MR) is 52.4 cm³/mol. The second kappa shape index (κ2) is 4.76. The van der Waals surface area contributed by atoms with E-state index in [2.05, 4.69) is 4.74 Å². The normalized spacial score (nSPS) is 24.0. The Morgan fingerprint density at radius 2 is 2.12 bits per heavy atom. The number of ketones is 1. The smallest absolute Gasteiger partial charge is 0.410 e. The summed E-state index contributed by atoms with van der Waals surface area (Å²) in [5.74, 6) is -3.23. The Kier molecular flexibility index (Phi) is 3.83. The number of methoxy groups -OCH3 is 1. The fourth-order valence-corrected chi connectivity index (χ4v) is 1.79. The van der Waals surface area contributed by atoms with Gasteiger partial charge < -0.3 is 4.74 Å². The lowest BCUT2D eigenvalue weighted by molar-refractivity contribution is -0.133. The molecule has 1 heterocycles. The van der Waals surface area contributed by atoms with Crippen LogP contribution < -0.4 is 0 Å². The SMILES string of the molecule is CCC(=O)[C@@H]1CC(F)(F)CCN1C(=O)OC. The Balaban J connectivity index is 2.84. The molecule has 92 valence electrons. The van der Waals surface area contributed by atoms with Crippen LogP contribution in [0.4, 0.5) is 13.6 Å². The van der Waals surface area contributed by atoms with Crippen molar-refractivity contribution in [2.24, 2.45) is 0 Å². The number of alkyl halides is 2. The molecule has 1 atom stereocenters. The van der Waals surface area contributed by atoms with E-state index in [9.17, 15) is 18.4 Å². The highest BCUT2D eigenvalue weighted by atomic mass is 19.3. The minimum atomic E-state index is -2.87. The van der Waals surface area contributed by atoms with Crippen LogP contribution in [0, 0.1) is 0 Å². The van der Waals surface area contributed by atoms with E-state index in [1.165, 1.54) is 7.11 Å². The number of ether oxygens (including phenoxy) is 1. The fourth-order valence-electron chi connectivity index (χ4n) is 1.79. The van der Waals surface area contributed by atoms with Gasteiger partial charge in [0.15, 0.2) is 5.78 Å². The average Bonchev–Trinajstić information content (AvgIpc) is 2.25. The summed E-state index contributed by atoms with van der Waals surface area (Å²) in [4.78, 5) is 23.9. The molecule has 1 amide bonds. The Labute approximate surface area is 92.5 Å². The molecule has 4 nitrogen and oxygen atoms in total. The first kappa shape index (κ1) is 12.9. The van der Waals surface area contributed by atoms with Gasteiger partial charge in [0.2, 0.25) is 0 Å². The third kappa shape index (κ3) is 2.68. The summed E-state index contributed by atoms with van der Waals surface area (Å²) in [6.07, 6.45) is -1.61. The second-order valence-corrected chi connectivity index (χ2v) is 3.81. The number of hydrogen-bond donors (Lipinski definition) is 0. The number of halogens is 2. The molecule has 1 aliphatic rings. The molecule has 0 aromatic carbocycles. The molecule has 16 heavy (non-hydrogen) atoms. The molecule has 6 heteroatoms. The molecule has 0 aliphatic carbocycles. The van der Waals surface area contributed by atoms with Crippen molar-refractivity contribution in [3.63, 3.8) is 0 Å². The Hall–Kier alpha value is -1.20. The molecular weight excluding hydrogens is 220 g/mol. The van der Waals surface area contributed by atoms with E-state index in [1.807, 2.05) is 0 Å². The van der Waals surface area contributed by atoms with Crippen LogP contribution in [0.1, 0.15) is 26.2 Å². The van der Waals surface area contributed by atoms with Crippen molar-refractivity contribution in [3.8, 4) is 0 Å². The number of rotatable bonds is 2. The van der Waals surface area contributed by atoms with E-state index >= 15 is 0 Å². The quantitative estimate of drug-likeness (QED) is 0.733. The van der Waals surface area contributed by atoms with Gasteiger partial charge in [0.25, 0.3) is 5.92 Å². The van der Waals surface area contributed by atoms with Gasteiger partial charge in [-0.25, -0.2) is 13.6 Å². The van der Waals surface area contributed by atoms with E-state index in [-0.39, 0.29) is 18.7 Å². The van der Waals surface area contributed by atoms with Crippen molar-refractivity contribution < 1.29 is 23.1 Å². The van der Waals surface area contributed by atoms with Gasteiger partial charge in [-0.3, -0.25) is 9.69 Å². The first-order chi connectivity index (χ1) is 7.41. The van der Waals surface area contributed by atoms with Crippen molar-refractivity contribution in [2.45, 2.75) is 38.2 Å². The number of likely N-dealkylation sites (tertiary alicyclic amines) is 1. The van der Waals surface area contributed by atoms with Gasteiger partial charge in [-0.2, -0.15) is 0 Å². The van der Waals surface area contributed by atoms with Crippen molar-refractivity contribution >= 4 is 11.9 Å². The van der Waals surface area contributed by atoms with Crippen LogP contribution in [0.15, 0.2) is 0 Å².